The number of nitrogens with zero attached hydrogens (tertiary/aromatic N) is 2. The zero-order valence-corrected chi connectivity index (χ0v) is 16.3. The molecule has 0 aromatic heterocycles. The van der Waals surface area contributed by atoms with Gasteiger partial charge in [0.1, 0.15) is 5.56 Å². The standard InChI is InChI=1S/C18H21N3O5S/c1-12(2)20(4)27(25,26)15-10-8-14(9-11-15)19-18(22)16-7-5-6-13(3)17(16)21(23)24/h5-12H,1-4H3,(H,19,22). The van der Waals surface area contributed by atoms with Gasteiger partial charge in [0.25, 0.3) is 11.6 Å². The predicted octanol–water partition coefficient (Wildman–Crippen LogP) is 3.18. The lowest BCUT2D eigenvalue weighted by Crippen LogP contribution is -2.33. The number of aryl methyl sites for hydroxylation is 1. The van der Waals surface area contributed by atoms with Crippen LogP contribution < -0.4 is 5.32 Å². The summed E-state index contributed by atoms with van der Waals surface area (Å²) in [5.74, 6) is -0.639. The number of carbonyl (C=O) groups is 1. The first-order valence-electron chi connectivity index (χ1n) is 8.19. The summed E-state index contributed by atoms with van der Waals surface area (Å²) in [5.41, 5.74) is 0.400. The number of anilines is 1. The molecule has 2 rings (SSSR count). The van der Waals surface area contributed by atoms with E-state index in [2.05, 4.69) is 5.32 Å². The fraction of sp³-hybridized carbons (Fsp3) is 0.278. The van der Waals surface area contributed by atoms with Gasteiger partial charge in [-0.25, -0.2) is 8.42 Å². The molecular weight excluding hydrogens is 370 g/mol. The molecule has 1 N–H and O–H groups in total. The Kier molecular flexibility index (Phi) is 5.97. The number of hydrogen-bond acceptors (Lipinski definition) is 5. The van der Waals surface area contributed by atoms with Crippen LogP contribution in [0.5, 0.6) is 0 Å². The number of amides is 1. The van der Waals surface area contributed by atoms with E-state index in [1.54, 1.807) is 32.9 Å². The maximum absolute atomic E-state index is 12.4. The van der Waals surface area contributed by atoms with E-state index in [0.29, 0.717) is 11.3 Å². The first-order valence-corrected chi connectivity index (χ1v) is 9.63. The van der Waals surface area contributed by atoms with Crippen LogP contribution in [0.4, 0.5) is 11.4 Å². The Balaban J connectivity index is 2.27. The van der Waals surface area contributed by atoms with Gasteiger partial charge in [-0.3, -0.25) is 14.9 Å². The minimum atomic E-state index is -3.63. The topological polar surface area (TPSA) is 110 Å². The van der Waals surface area contributed by atoms with Crippen LogP contribution in [-0.4, -0.2) is 36.6 Å². The molecule has 0 unspecified atom stereocenters. The van der Waals surface area contributed by atoms with Crippen molar-refractivity contribution in [1.29, 1.82) is 0 Å². The van der Waals surface area contributed by atoms with Crippen molar-refractivity contribution in [2.45, 2.75) is 31.7 Å². The Bertz CT molecular complexity index is 969. The van der Waals surface area contributed by atoms with Crippen molar-refractivity contribution in [2.24, 2.45) is 0 Å². The highest BCUT2D eigenvalue weighted by Gasteiger charge is 2.24. The lowest BCUT2D eigenvalue weighted by atomic mass is 10.1. The number of benzene rings is 2. The zero-order valence-electron chi connectivity index (χ0n) is 15.5. The molecule has 0 aliphatic rings. The molecule has 9 heteroatoms. The van der Waals surface area contributed by atoms with E-state index >= 15 is 0 Å². The Morgan fingerprint density at radius 3 is 2.26 bits per heavy atom. The maximum Gasteiger partial charge on any atom is 0.285 e. The van der Waals surface area contributed by atoms with E-state index < -0.39 is 20.9 Å². The molecule has 0 radical (unpaired) electrons. The monoisotopic (exact) mass is 391 g/mol. The zero-order chi connectivity index (χ0) is 20.4. The van der Waals surface area contributed by atoms with E-state index in [4.69, 9.17) is 0 Å². The number of nitrogens with one attached hydrogen (secondary N) is 1. The van der Waals surface area contributed by atoms with Gasteiger partial charge in [-0.1, -0.05) is 12.1 Å². The molecule has 0 bridgehead atoms. The highest BCUT2D eigenvalue weighted by atomic mass is 32.2. The molecular formula is C18H21N3O5S. The lowest BCUT2D eigenvalue weighted by molar-refractivity contribution is -0.385. The van der Waals surface area contributed by atoms with Crippen molar-refractivity contribution in [3.05, 3.63) is 63.7 Å². The number of nitro benzene ring substituents is 1. The van der Waals surface area contributed by atoms with Crippen LogP contribution >= 0.6 is 0 Å². The average molecular weight is 391 g/mol. The van der Waals surface area contributed by atoms with Crippen molar-refractivity contribution in [3.63, 3.8) is 0 Å². The van der Waals surface area contributed by atoms with Crippen molar-refractivity contribution in [3.8, 4) is 0 Å². The number of sulfonamides is 1. The largest absolute Gasteiger partial charge is 0.322 e. The third kappa shape index (κ3) is 4.32. The van der Waals surface area contributed by atoms with Gasteiger partial charge in [0.15, 0.2) is 0 Å². The maximum atomic E-state index is 12.4. The average Bonchev–Trinajstić information content (AvgIpc) is 2.60. The molecule has 2 aromatic rings. The Morgan fingerprint density at radius 1 is 1.15 bits per heavy atom. The van der Waals surface area contributed by atoms with Gasteiger partial charge in [0.05, 0.1) is 9.82 Å². The van der Waals surface area contributed by atoms with E-state index in [1.807, 2.05) is 0 Å². The third-order valence-electron chi connectivity index (χ3n) is 4.18. The summed E-state index contributed by atoms with van der Waals surface area (Å²) in [6.45, 7) is 5.08. The molecule has 0 aliphatic carbocycles. The number of rotatable bonds is 6. The predicted molar refractivity (Wildman–Crippen MR) is 102 cm³/mol. The first kappa shape index (κ1) is 20.5. The van der Waals surface area contributed by atoms with Crippen LogP contribution in [-0.2, 0) is 10.0 Å². The first-order chi connectivity index (χ1) is 12.6. The van der Waals surface area contributed by atoms with Gasteiger partial charge in [0.2, 0.25) is 10.0 Å². The highest BCUT2D eigenvalue weighted by molar-refractivity contribution is 7.89. The van der Waals surface area contributed by atoms with Gasteiger partial charge in [-0.05, 0) is 51.1 Å². The van der Waals surface area contributed by atoms with Crippen molar-refractivity contribution >= 4 is 27.3 Å². The molecule has 27 heavy (non-hydrogen) atoms. The van der Waals surface area contributed by atoms with E-state index in [0.717, 1.165) is 0 Å². The number of hydrogen-bond donors (Lipinski definition) is 1. The molecule has 0 saturated heterocycles. The second-order valence-corrected chi connectivity index (χ2v) is 8.32. The SMILES string of the molecule is Cc1cccc(C(=O)Nc2ccc(S(=O)(=O)N(C)C(C)C)cc2)c1[N+](=O)[O-]. The number of carbonyl (C=O) groups excluding carboxylic acids is 1. The summed E-state index contributed by atoms with van der Waals surface area (Å²) in [6.07, 6.45) is 0. The number of nitro groups is 1. The molecule has 0 heterocycles. The second-order valence-electron chi connectivity index (χ2n) is 6.32. The molecule has 2 aromatic carbocycles. The fourth-order valence-corrected chi connectivity index (χ4v) is 3.80. The van der Waals surface area contributed by atoms with Crippen molar-refractivity contribution in [2.75, 3.05) is 12.4 Å². The van der Waals surface area contributed by atoms with Crippen LogP contribution in [0.1, 0.15) is 29.8 Å². The molecule has 0 atom stereocenters. The van der Waals surface area contributed by atoms with Crippen molar-refractivity contribution < 1.29 is 18.1 Å². The van der Waals surface area contributed by atoms with E-state index in [9.17, 15) is 23.3 Å². The van der Waals surface area contributed by atoms with Gasteiger partial charge in [0, 0.05) is 24.3 Å². The molecule has 0 spiro atoms. The lowest BCUT2D eigenvalue weighted by Gasteiger charge is -2.21. The molecule has 0 aliphatic heterocycles. The summed E-state index contributed by atoms with van der Waals surface area (Å²) in [4.78, 5) is 23.2. The normalized spacial score (nSPS) is 11.6. The van der Waals surface area contributed by atoms with E-state index in [-0.39, 0.29) is 22.2 Å². The van der Waals surface area contributed by atoms with Gasteiger partial charge >= 0.3 is 0 Å². The van der Waals surface area contributed by atoms with E-state index in [1.165, 1.54) is 41.7 Å². The minimum absolute atomic E-state index is 0.0590. The Morgan fingerprint density at radius 2 is 1.74 bits per heavy atom. The number of para-hydroxylation sites is 1. The molecule has 0 saturated carbocycles. The summed E-state index contributed by atoms with van der Waals surface area (Å²) < 4.78 is 26.1. The minimum Gasteiger partial charge on any atom is -0.322 e. The second kappa shape index (κ2) is 7.85. The fourth-order valence-electron chi connectivity index (χ4n) is 2.44. The molecule has 1 amide bonds. The van der Waals surface area contributed by atoms with Crippen LogP contribution in [0.3, 0.4) is 0 Å². The summed E-state index contributed by atoms with van der Waals surface area (Å²) in [6, 6.07) is 9.95. The molecule has 0 fully saturated rings. The quantitative estimate of drug-likeness (QED) is 0.601. The van der Waals surface area contributed by atoms with Gasteiger partial charge in [-0.15, -0.1) is 0 Å². The highest BCUT2D eigenvalue weighted by Crippen LogP contribution is 2.25. The summed E-state index contributed by atoms with van der Waals surface area (Å²) in [7, 11) is -2.14. The van der Waals surface area contributed by atoms with Crippen LogP contribution in [0.15, 0.2) is 47.4 Å². The van der Waals surface area contributed by atoms with Gasteiger partial charge in [-0.2, -0.15) is 4.31 Å². The third-order valence-corrected chi connectivity index (χ3v) is 6.23. The van der Waals surface area contributed by atoms with Crippen molar-refractivity contribution in [1.82, 2.24) is 4.31 Å². The molecule has 8 nitrogen and oxygen atoms in total. The Labute approximate surface area is 158 Å². The molecule has 144 valence electrons. The van der Waals surface area contributed by atoms with Gasteiger partial charge < -0.3 is 5.32 Å². The van der Waals surface area contributed by atoms with Crippen LogP contribution in [0.25, 0.3) is 0 Å². The van der Waals surface area contributed by atoms with Crippen LogP contribution in [0, 0.1) is 17.0 Å². The summed E-state index contributed by atoms with van der Waals surface area (Å²) in [5, 5.41) is 13.8. The smallest absolute Gasteiger partial charge is 0.285 e. The summed E-state index contributed by atoms with van der Waals surface area (Å²) >= 11 is 0. The van der Waals surface area contributed by atoms with Crippen LogP contribution in [0.2, 0.25) is 0 Å². The Hall–Kier alpha value is -2.78.